The zero-order valence-corrected chi connectivity index (χ0v) is 20.3. The Labute approximate surface area is 196 Å². The molecule has 9 heteroatoms. The zero-order valence-electron chi connectivity index (χ0n) is 19.5. The summed E-state index contributed by atoms with van der Waals surface area (Å²) in [6.45, 7) is 5.58. The molecule has 8 nitrogen and oxygen atoms in total. The molecule has 0 aliphatic carbocycles. The van der Waals surface area contributed by atoms with E-state index in [9.17, 15) is 13.2 Å². The molecule has 1 aliphatic heterocycles. The normalized spacial score (nSPS) is 16.8. The zero-order chi connectivity index (χ0) is 23.8. The van der Waals surface area contributed by atoms with Crippen LogP contribution < -0.4 is 19.1 Å². The lowest BCUT2D eigenvalue weighted by Gasteiger charge is -2.35. The monoisotopic (exact) mass is 475 g/mol. The Bertz CT molecular complexity index is 1010. The second-order valence-electron chi connectivity index (χ2n) is 7.86. The number of carbonyl (C=O) groups excluding carboxylic acids is 1. The molecule has 1 fully saturated rings. The predicted octanol–water partition coefficient (Wildman–Crippen LogP) is 3.19. The minimum Gasteiger partial charge on any atom is -0.497 e. The number of amides is 1. The summed E-state index contributed by atoms with van der Waals surface area (Å²) in [5.41, 5.74) is 1.53. The van der Waals surface area contributed by atoms with Crippen LogP contribution in [0.4, 0.5) is 5.69 Å². The molecule has 1 unspecified atom stereocenters. The lowest BCUT2D eigenvalue weighted by Crippen LogP contribution is -2.50. The average molecular weight is 476 g/mol. The van der Waals surface area contributed by atoms with Crippen molar-refractivity contribution in [2.45, 2.75) is 33.2 Å². The highest BCUT2D eigenvalue weighted by Crippen LogP contribution is 2.27. The molecular formula is C24H33N3O5S. The van der Waals surface area contributed by atoms with Gasteiger partial charge in [0, 0.05) is 26.2 Å². The standard InChI is InChI=1S/C24H33N3O5S/c1-4-27(21-10-14-22(31-3)15-11-21)33(29,30)26-16-6-7-20(18-26)24(28)25-17-19-8-12-23(13-9-19)32-5-2/h8-15,20H,4-7,16-18H2,1-3H3,(H,25,28). The topological polar surface area (TPSA) is 88.2 Å². The second-order valence-corrected chi connectivity index (χ2v) is 9.72. The van der Waals surface area contributed by atoms with Crippen molar-refractivity contribution in [3.8, 4) is 11.5 Å². The van der Waals surface area contributed by atoms with E-state index in [0.717, 1.165) is 11.3 Å². The SMILES string of the molecule is CCOc1ccc(CNC(=O)C2CCCN(S(=O)(=O)N(CC)c3ccc(OC)cc3)C2)cc1. The minimum atomic E-state index is -3.76. The van der Waals surface area contributed by atoms with E-state index in [2.05, 4.69) is 5.32 Å². The Hall–Kier alpha value is -2.78. The number of nitrogens with zero attached hydrogens (tertiary/aromatic N) is 2. The lowest BCUT2D eigenvalue weighted by molar-refractivity contribution is -0.126. The smallest absolute Gasteiger partial charge is 0.304 e. The molecule has 33 heavy (non-hydrogen) atoms. The van der Waals surface area contributed by atoms with Crippen LogP contribution in [-0.4, -0.2) is 52.0 Å². The third kappa shape index (κ3) is 6.17. The summed E-state index contributed by atoms with van der Waals surface area (Å²) in [5.74, 6) is 0.939. The quantitative estimate of drug-likeness (QED) is 0.570. The van der Waals surface area contributed by atoms with Crippen molar-refractivity contribution in [2.24, 2.45) is 5.92 Å². The summed E-state index contributed by atoms with van der Waals surface area (Å²) in [7, 11) is -2.19. The molecule has 1 amide bonds. The van der Waals surface area contributed by atoms with Gasteiger partial charge in [0.1, 0.15) is 11.5 Å². The Balaban J connectivity index is 1.63. The highest BCUT2D eigenvalue weighted by atomic mass is 32.2. The summed E-state index contributed by atoms with van der Waals surface area (Å²) in [6, 6.07) is 14.5. The highest BCUT2D eigenvalue weighted by Gasteiger charge is 2.35. The molecule has 0 spiro atoms. The van der Waals surface area contributed by atoms with Gasteiger partial charge >= 0.3 is 10.2 Å². The summed E-state index contributed by atoms with van der Waals surface area (Å²) >= 11 is 0. The Morgan fingerprint density at radius 3 is 2.36 bits per heavy atom. The van der Waals surface area contributed by atoms with Gasteiger partial charge in [-0.25, -0.2) is 0 Å². The maximum Gasteiger partial charge on any atom is 0.304 e. The molecule has 2 aromatic carbocycles. The first kappa shape index (κ1) is 24.9. The molecule has 0 bridgehead atoms. The maximum absolute atomic E-state index is 13.4. The van der Waals surface area contributed by atoms with Crippen LogP contribution in [0.15, 0.2) is 48.5 Å². The Morgan fingerprint density at radius 1 is 1.09 bits per heavy atom. The number of carbonyl (C=O) groups is 1. The van der Waals surface area contributed by atoms with E-state index in [1.165, 1.54) is 8.61 Å². The molecule has 1 aliphatic rings. The first-order valence-electron chi connectivity index (χ1n) is 11.3. The number of anilines is 1. The van der Waals surface area contributed by atoms with Gasteiger partial charge < -0.3 is 14.8 Å². The largest absolute Gasteiger partial charge is 0.497 e. The maximum atomic E-state index is 13.4. The number of rotatable bonds is 10. The molecule has 1 atom stereocenters. The second kappa shape index (κ2) is 11.4. The van der Waals surface area contributed by atoms with Gasteiger partial charge in [-0.3, -0.25) is 9.10 Å². The third-order valence-corrected chi connectivity index (χ3v) is 7.72. The van der Waals surface area contributed by atoms with Gasteiger partial charge in [0.2, 0.25) is 5.91 Å². The molecule has 0 saturated carbocycles. The number of piperidine rings is 1. The molecule has 3 rings (SSSR count). The van der Waals surface area contributed by atoms with Gasteiger partial charge in [-0.2, -0.15) is 12.7 Å². The van der Waals surface area contributed by atoms with E-state index in [1.54, 1.807) is 38.3 Å². The highest BCUT2D eigenvalue weighted by molar-refractivity contribution is 7.90. The molecule has 0 aromatic heterocycles. The van der Waals surface area contributed by atoms with Crippen LogP contribution in [0.5, 0.6) is 11.5 Å². The van der Waals surface area contributed by atoms with Crippen LogP contribution in [0, 0.1) is 5.92 Å². The van der Waals surface area contributed by atoms with Gasteiger partial charge in [-0.1, -0.05) is 12.1 Å². The van der Waals surface area contributed by atoms with E-state index in [0.29, 0.717) is 50.5 Å². The van der Waals surface area contributed by atoms with Gasteiger partial charge in [0.05, 0.1) is 25.3 Å². The summed E-state index contributed by atoms with van der Waals surface area (Å²) in [6.07, 6.45) is 1.30. The van der Waals surface area contributed by atoms with Crippen molar-refractivity contribution in [1.82, 2.24) is 9.62 Å². The van der Waals surface area contributed by atoms with Crippen molar-refractivity contribution in [3.63, 3.8) is 0 Å². The van der Waals surface area contributed by atoms with Crippen LogP contribution in [0.2, 0.25) is 0 Å². The van der Waals surface area contributed by atoms with E-state index in [1.807, 2.05) is 31.2 Å². The van der Waals surface area contributed by atoms with Crippen molar-refractivity contribution in [2.75, 3.05) is 37.7 Å². The summed E-state index contributed by atoms with van der Waals surface area (Å²) in [5, 5.41) is 2.95. The molecule has 1 saturated heterocycles. The number of benzene rings is 2. The lowest BCUT2D eigenvalue weighted by atomic mass is 9.99. The average Bonchev–Trinajstić information content (AvgIpc) is 2.84. The third-order valence-electron chi connectivity index (χ3n) is 5.71. The molecular weight excluding hydrogens is 442 g/mol. The number of nitrogens with one attached hydrogen (secondary N) is 1. The fourth-order valence-corrected chi connectivity index (χ4v) is 5.66. The fraction of sp³-hybridized carbons (Fsp3) is 0.458. The Kier molecular flexibility index (Phi) is 8.57. The van der Waals surface area contributed by atoms with Crippen molar-refractivity contribution >= 4 is 21.8 Å². The number of hydrogen-bond donors (Lipinski definition) is 1. The van der Waals surface area contributed by atoms with Crippen LogP contribution in [0.1, 0.15) is 32.3 Å². The van der Waals surface area contributed by atoms with E-state index in [-0.39, 0.29) is 18.4 Å². The Morgan fingerprint density at radius 2 is 1.76 bits per heavy atom. The van der Waals surface area contributed by atoms with Gasteiger partial charge in [-0.05, 0) is 68.7 Å². The minimum absolute atomic E-state index is 0.128. The molecule has 180 valence electrons. The first-order chi connectivity index (χ1) is 15.9. The van der Waals surface area contributed by atoms with Gasteiger partial charge in [0.25, 0.3) is 0 Å². The number of methoxy groups -OCH3 is 1. The van der Waals surface area contributed by atoms with Crippen LogP contribution in [0.25, 0.3) is 0 Å². The number of hydrogen-bond acceptors (Lipinski definition) is 5. The van der Waals surface area contributed by atoms with E-state index in [4.69, 9.17) is 9.47 Å². The van der Waals surface area contributed by atoms with Crippen LogP contribution in [-0.2, 0) is 21.5 Å². The number of ether oxygens (including phenoxy) is 2. The van der Waals surface area contributed by atoms with E-state index < -0.39 is 10.2 Å². The summed E-state index contributed by atoms with van der Waals surface area (Å²) in [4.78, 5) is 12.8. The molecule has 2 aromatic rings. The summed E-state index contributed by atoms with van der Waals surface area (Å²) < 4.78 is 40.2. The van der Waals surface area contributed by atoms with Crippen LogP contribution >= 0.6 is 0 Å². The molecule has 1 heterocycles. The first-order valence-corrected chi connectivity index (χ1v) is 12.7. The van der Waals surface area contributed by atoms with Crippen molar-refractivity contribution in [1.29, 1.82) is 0 Å². The van der Waals surface area contributed by atoms with Gasteiger partial charge in [0.15, 0.2) is 0 Å². The molecule has 0 radical (unpaired) electrons. The van der Waals surface area contributed by atoms with Gasteiger partial charge in [-0.15, -0.1) is 0 Å². The molecule has 1 N–H and O–H groups in total. The predicted molar refractivity (Wildman–Crippen MR) is 129 cm³/mol. The van der Waals surface area contributed by atoms with E-state index >= 15 is 0 Å². The van der Waals surface area contributed by atoms with Crippen LogP contribution in [0.3, 0.4) is 0 Å². The van der Waals surface area contributed by atoms with Crippen molar-refractivity contribution in [3.05, 3.63) is 54.1 Å². The van der Waals surface area contributed by atoms with Crippen molar-refractivity contribution < 1.29 is 22.7 Å². The fourth-order valence-electron chi connectivity index (χ4n) is 3.94.